The van der Waals surface area contributed by atoms with E-state index in [1.165, 1.54) is 39.0 Å². The predicted octanol–water partition coefficient (Wildman–Crippen LogP) is 5.87. The Kier molecular flexibility index (Phi) is 6.48. The molecule has 152 valence electrons. The van der Waals surface area contributed by atoms with Crippen molar-refractivity contribution in [2.45, 2.75) is 98.0 Å². The van der Waals surface area contributed by atoms with Crippen molar-refractivity contribution < 1.29 is 14.3 Å². The maximum absolute atomic E-state index is 11.8. The quantitative estimate of drug-likeness (QED) is 0.431. The van der Waals surface area contributed by atoms with Crippen LogP contribution in [0, 0.1) is 29.1 Å². The van der Waals surface area contributed by atoms with Gasteiger partial charge in [-0.2, -0.15) is 0 Å². The summed E-state index contributed by atoms with van der Waals surface area (Å²) >= 11 is 0. The minimum absolute atomic E-state index is 0.0821. The molecule has 3 nitrogen and oxygen atoms in total. The van der Waals surface area contributed by atoms with Crippen LogP contribution in [-0.2, 0) is 14.3 Å². The minimum Gasteiger partial charge on any atom is -0.462 e. The van der Waals surface area contributed by atoms with E-state index >= 15 is 0 Å². The van der Waals surface area contributed by atoms with Crippen LogP contribution in [0.1, 0.15) is 91.9 Å². The Hall–Kier alpha value is -1.12. The molecule has 0 aromatic rings. The molecule has 0 radical (unpaired) electrons. The smallest absolute Gasteiger partial charge is 0.302 e. The number of allylic oxidation sites excluding steroid dienone is 1. The number of carbonyl (C=O) groups is 2. The summed E-state index contributed by atoms with van der Waals surface area (Å²) in [4.78, 5) is 23.2. The molecule has 3 aliphatic rings. The molecule has 27 heavy (non-hydrogen) atoms. The van der Waals surface area contributed by atoms with E-state index in [9.17, 15) is 9.59 Å². The van der Waals surface area contributed by atoms with E-state index in [0.29, 0.717) is 11.2 Å². The minimum atomic E-state index is -0.147. The first-order chi connectivity index (χ1) is 12.8. The summed E-state index contributed by atoms with van der Waals surface area (Å²) in [6.45, 7) is 7.91. The third kappa shape index (κ3) is 4.32. The van der Waals surface area contributed by atoms with E-state index in [0.717, 1.165) is 49.9 Å². The summed E-state index contributed by atoms with van der Waals surface area (Å²) in [6, 6.07) is 0. The van der Waals surface area contributed by atoms with E-state index in [-0.39, 0.29) is 18.0 Å². The molecule has 3 rings (SSSR count). The number of ether oxygens (including phenoxy) is 1. The fourth-order valence-corrected chi connectivity index (χ4v) is 6.53. The van der Waals surface area contributed by atoms with Crippen molar-refractivity contribution in [2.75, 3.05) is 0 Å². The summed E-state index contributed by atoms with van der Waals surface area (Å²) in [5.41, 5.74) is 1.85. The summed E-state index contributed by atoms with van der Waals surface area (Å²) in [5, 5.41) is 0. The lowest BCUT2D eigenvalue weighted by Crippen LogP contribution is -2.46. The molecule has 0 amide bonds. The highest BCUT2D eigenvalue weighted by Gasteiger charge is 2.49. The molecule has 0 bridgehead atoms. The number of ketones is 1. The zero-order valence-electron chi connectivity index (χ0n) is 17.8. The van der Waals surface area contributed by atoms with Crippen molar-refractivity contribution in [3.05, 3.63) is 11.6 Å². The summed E-state index contributed by atoms with van der Waals surface area (Å²) in [7, 11) is 0. The first-order valence-electron chi connectivity index (χ1n) is 11.2. The number of fused-ring (bicyclic) bond motifs is 3. The first-order valence-corrected chi connectivity index (χ1v) is 11.2. The lowest BCUT2D eigenvalue weighted by atomic mass is 9.51. The van der Waals surface area contributed by atoms with Gasteiger partial charge in [-0.1, -0.05) is 38.3 Å². The molecule has 0 aliphatic heterocycles. The molecule has 6 unspecified atom stereocenters. The van der Waals surface area contributed by atoms with E-state index in [1.807, 2.05) is 0 Å². The van der Waals surface area contributed by atoms with Gasteiger partial charge in [0.25, 0.3) is 0 Å². The van der Waals surface area contributed by atoms with Crippen molar-refractivity contribution in [1.82, 2.24) is 0 Å². The van der Waals surface area contributed by atoms with Gasteiger partial charge in [0.15, 0.2) is 0 Å². The van der Waals surface area contributed by atoms with Crippen molar-refractivity contribution in [1.29, 1.82) is 0 Å². The molecule has 2 fully saturated rings. The van der Waals surface area contributed by atoms with Crippen molar-refractivity contribution in [3.63, 3.8) is 0 Å². The van der Waals surface area contributed by atoms with Gasteiger partial charge in [0.05, 0.1) is 0 Å². The van der Waals surface area contributed by atoms with Crippen molar-refractivity contribution >= 4 is 11.8 Å². The fraction of sp³-hybridized carbons (Fsp3) is 0.833. The molecule has 0 aromatic heterocycles. The molecular weight excluding hydrogens is 336 g/mol. The molecule has 0 heterocycles. The third-order valence-corrected chi connectivity index (χ3v) is 8.12. The van der Waals surface area contributed by atoms with E-state index in [4.69, 9.17) is 4.74 Å². The van der Waals surface area contributed by atoms with Crippen LogP contribution in [0.4, 0.5) is 0 Å². The van der Waals surface area contributed by atoms with Gasteiger partial charge >= 0.3 is 5.97 Å². The van der Waals surface area contributed by atoms with Gasteiger partial charge in [-0.25, -0.2) is 0 Å². The summed E-state index contributed by atoms with van der Waals surface area (Å²) in [6.07, 6.45) is 14.1. The number of esters is 1. The molecule has 2 saturated carbocycles. The van der Waals surface area contributed by atoms with Gasteiger partial charge in [0.1, 0.15) is 11.9 Å². The highest BCUT2D eigenvalue weighted by molar-refractivity contribution is 5.78. The second kappa shape index (κ2) is 8.49. The summed E-state index contributed by atoms with van der Waals surface area (Å²) in [5.74, 6) is 2.81. The topological polar surface area (TPSA) is 43.4 Å². The van der Waals surface area contributed by atoms with Crippen LogP contribution < -0.4 is 0 Å². The molecule has 3 aliphatic carbocycles. The maximum Gasteiger partial charge on any atom is 0.302 e. The van der Waals surface area contributed by atoms with Crippen LogP contribution >= 0.6 is 0 Å². The highest BCUT2D eigenvalue weighted by Crippen LogP contribution is 2.58. The second-order valence-electron chi connectivity index (χ2n) is 9.61. The molecule has 0 aromatic carbocycles. The predicted molar refractivity (Wildman–Crippen MR) is 108 cm³/mol. The number of Topliss-reactive ketones (excluding diaryl/α,β-unsaturated/α-hetero) is 1. The van der Waals surface area contributed by atoms with Crippen LogP contribution in [0.2, 0.25) is 0 Å². The molecule has 0 N–H and O–H groups in total. The molecule has 3 heteroatoms. The Morgan fingerprint density at radius 2 is 2.04 bits per heavy atom. The number of hydrogen-bond acceptors (Lipinski definition) is 3. The van der Waals surface area contributed by atoms with Crippen LogP contribution in [0.25, 0.3) is 0 Å². The molecule has 0 spiro atoms. The Balaban J connectivity index is 1.69. The highest BCUT2D eigenvalue weighted by atomic mass is 16.5. The molecule has 6 atom stereocenters. The average molecular weight is 375 g/mol. The van der Waals surface area contributed by atoms with Gasteiger partial charge in [0.2, 0.25) is 0 Å². The van der Waals surface area contributed by atoms with Gasteiger partial charge < -0.3 is 4.74 Å². The van der Waals surface area contributed by atoms with E-state index < -0.39 is 0 Å². The number of carbonyl (C=O) groups excluding carboxylic acids is 2. The standard InChI is InChI=1S/C24H38O3/c1-5-18(16(2)25)9-10-19-7-6-8-23-22(19)12-11-20-15-21(27-17(3)26)13-14-24(20,23)4/h11,18-19,21-23H,5-10,12-15H2,1-4H3. The van der Waals surface area contributed by atoms with Crippen molar-refractivity contribution in [2.24, 2.45) is 29.1 Å². The number of rotatable bonds is 6. The number of hydrogen-bond donors (Lipinski definition) is 0. The van der Waals surface area contributed by atoms with Gasteiger partial charge in [0, 0.05) is 19.3 Å². The van der Waals surface area contributed by atoms with Crippen LogP contribution in [0.5, 0.6) is 0 Å². The lowest BCUT2D eigenvalue weighted by Gasteiger charge is -2.54. The van der Waals surface area contributed by atoms with Gasteiger partial charge in [-0.15, -0.1) is 0 Å². The van der Waals surface area contributed by atoms with Crippen molar-refractivity contribution in [3.8, 4) is 0 Å². The van der Waals surface area contributed by atoms with Gasteiger partial charge in [-0.05, 0) is 75.0 Å². The Labute approximate surface area is 165 Å². The summed E-state index contributed by atoms with van der Waals surface area (Å²) < 4.78 is 5.53. The third-order valence-electron chi connectivity index (χ3n) is 8.12. The second-order valence-corrected chi connectivity index (χ2v) is 9.61. The fourth-order valence-electron chi connectivity index (χ4n) is 6.53. The molecule has 0 saturated heterocycles. The van der Waals surface area contributed by atoms with Crippen LogP contribution in [-0.4, -0.2) is 17.9 Å². The Morgan fingerprint density at radius 1 is 1.26 bits per heavy atom. The molecular formula is C24H38O3. The monoisotopic (exact) mass is 374 g/mol. The SMILES string of the molecule is CCC(CCC1CCCC2C1CC=C1CC(OC(C)=O)CCC12C)C(C)=O. The average Bonchev–Trinajstić information content (AvgIpc) is 2.62. The Morgan fingerprint density at radius 3 is 2.70 bits per heavy atom. The van der Waals surface area contributed by atoms with Crippen LogP contribution in [0.15, 0.2) is 11.6 Å². The normalized spacial score (nSPS) is 36.8. The Bertz CT molecular complexity index is 592. The lowest BCUT2D eigenvalue weighted by molar-refractivity contribution is -0.148. The maximum atomic E-state index is 11.8. The zero-order valence-corrected chi connectivity index (χ0v) is 17.8. The van der Waals surface area contributed by atoms with E-state index in [2.05, 4.69) is 19.9 Å². The first kappa shape index (κ1) is 20.6. The zero-order chi connectivity index (χ0) is 19.6. The van der Waals surface area contributed by atoms with Crippen LogP contribution in [0.3, 0.4) is 0 Å². The van der Waals surface area contributed by atoms with E-state index in [1.54, 1.807) is 12.5 Å². The van der Waals surface area contributed by atoms with Gasteiger partial charge in [-0.3, -0.25) is 9.59 Å². The largest absolute Gasteiger partial charge is 0.462 e.